The molecule has 0 N–H and O–H groups in total. The number of rotatable bonds is 3. The second-order valence-electron chi connectivity index (χ2n) is 6.13. The first-order chi connectivity index (χ1) is 11.0. The summed E-state index contributed by atoms with van der Waals surface area (Å²) in [6, 6.07) is 9.56. The van der Waals surface area contributed by atoms with Crippen LogP contribution < -0.4 is 0 Å². The third-order valence-electron chi connectivity index (χ3n) is 3.95. The smallest absolute Gasteiger partial charge is 0.359 e. The van der Waals surface area contributed by atoms with Crippen LogP contribution >= 0.6 is 0 Å². The number of carbonyl (C=O) groups excluding carboxylic acids is 1. The van der Waals surface area contributed by atoms with Crippen molar-refractivity contribution >= 4 is 11.7 Å². The fourth-order valence-corrected chi connectivity index (χ4v) is 2.97. The number of esters is 1. The molecular weight excluding hydrogens is 302 g/mol. The van der Waals surface area contributed by atoms with Gasteiger partial charge >= 0.3 is 5.97 Å². The molecule has 3 heterocycles. The van der Waals surface area contributed by atoms with Gasteiger partial charge in [-0.2, -0.15) is 0 Å². The quantitative estimate of drug-likeness (QED) is 0.618. The summed E-state index contributed by atoms with van der Waals surface area (Å²) in [6.45, 7) is 3.85. The van der Waals surface area contributed by atoms with Crippen molar-refractivity contribution in [3.8, 4) is 0 Å². The van der Waals surface area contributed by atoms with Crippen LogP contribution in [-0.4, -0.2) is 42.1 Å². The van der Waals surface area contributed by atoms with Crippen molar-refractivity contribution in [2.75, 3.05) is 0 Å². The lowest BCUT2D eigenvalue weighted by Gasteiger charge is -2.20. The predicted octanol–water partition coefficient (Wildman–Crippen LogP) is 1.36. The van der Waals surface area contributed by atoms with E-state index in [9.17, 15) is 4.79 Å². The zero-order valence-corrected chi connectivity index (χ0v) is 12.8. The van der Waals surface area contributed by atoms with E-state index in [1.54, 1.807) is 13.8 Å². The van der Waals surface area contributed by atoms with Crippen LogP contribution in [-0.2, 0) is 35.2 Å². The average molecular weight is 319 g/mol. The predicted molar refractivity (Wildman–Crippen MR) is 77.2 cm³/mol. The molecule has 3 aliphatic heterocycles. The number of fused-ring (bicyclic) bond motifs is 3. The van der Waals surface area contributed by atoms with Crippen molar-refractivity contribution in [1.29, 1.82) is 0 Å². The van der Waals surface area contributed by atoms with Gasteiger partial charge in [0, 0.05) is 0 Å². The first kappa shape index (κ1) is 14.6. The maximum absolute atomic E-state index is 12.0. The second-order valence-corrected chi connectivity index (χ2v) is 6.13. The molecule has 0 saturated carbocycles. The van der Waals surface area contributed by atoms with Crippen LogP contribution in [0.1, 0.15) is 19.4 Å². The number of benzene rings is 1. The van der Waals surface area contributed by atoms with Gasteiger partial charge in [0.1, 0.15) is 6.61 Å². The van der Waals surface area contributed by atoms with Gasteiger partial charge in [-0.1, -0.05) is 35.5 Å². The molecule has 0 bridgehead atoms. The molecule has 4 atom stereocenters. The lowest BCUT2D eigenvalue weighted by Crippen LogP contribution is -2.34. The van der Waals surface area contributed by atoms with Gasteiger partial charge in [0.05, 0.1) is 0 Å². The topological polar surface area (TPSA) is 75.6 Å². The van der Waals surface area contributed by atoms with Crippen LogP contribution in [0.4, 0.5) is 0 Å². The van der Waals surface area contributed by atoms with Gasteiger partial charge in [-0.3, -0.25) is 0 Å². The summed E-state index contributed by atoms with van der Waals surface area (Å²) in [6.07, 6.45) is -2.18. The highest BCUT2D eigenvalue weighted by Gasteiger charge is 2.62. The number of ether oxygens (including phenoxy) is 4. The van der Waals surface area contributed by atoms with Gasteiger partial charge in [0.2, 0.25) is 0 Å². The molecule has 4 rings (SSSR count). The van der Waals surface area contributed by atoms with E-state index in [4.69, 9.17) is 23.8 Å². The van der Waals surface area contributed by atoms with Gasteiger partial charge in [0.15, 0.2) is 36.1 Å². The highest BCUT2D eigenvalue weighted by Crippen LogP contribution is 2.41. The number of hydrogen-bond acceptors (Lipinski definition) is 7. The molecule has 122 valence electrons. The van der Waals surface area contributed by atoms with Gasteiger partial charge in [-0.05, 0) is 19.4 Å². The lowest BCUT2D eigenvalue weighted by molar-refractivity contribution is -0.205. The van der Waals surface area contributed by atoms with Crippen molar-refractivity contribution in [3.63, 3.8) is 0 Å². The summed E-state index contributed by atoms with van der Waals surface area (Å²) in [5.74, 6) is -1.30. The van der Waals surface area contributed by atoms with Gasteiger partial charge < -0.3 is 23.8 Å². The van der Waals surface area contributed by atoms with Crippen LogP contribution in [0.15, 0.2) is 35.5 Å². The van der Waals surface area contributed by atoms with Crippen molar-refractivity contribution in [1.82, 2.24) is 0 Å². The highest BCUT2D eigenvalue weighted by molar-refractivity contribution is 6.40. The first-order valence-electron chi connectivity index (χ1n) is 7.49. The van der Waals surface area contributed by atoms with E-state index < -0.39 is 36.4 Å². The summed E-state index contributed by atoms with van der Waals surface area (Å²) in [5.41, 5.74) is 1.07. The average Bonchev–Trinajstić information content (AvgIpc) is 3.08. The number of carbonyl (C=O) groups is 1. The largest absolute Gasteiger partial charge is 0.451 e. The second kappa shape index (κ2) is 5.30. The molecule has 0 aliphatic carbocycles. The fourth-order valence-electron chi connectivity index (χ4n) is 2.97. The van der Waals surface area contributed by atoms with E-state index in [0.29, 0.717) is 0 Å². The van der Waals surface area contributed by atoms with E-state index in [1.807, 2.05) is 30.3 Å². The Labute approximate surface area is 133 Å². The Morgan fingerprint density at radius 1 is 1.17 bits per heavy atom. The molecule has 1 aromatic carbocycles. The molecule has 3 aliphatic rings. The van der Waals surface area contributed by atoms with Gasteiger partial charge in [-0.25, -0.2) is 4.79 Å². The minimum absolute atomic E-state index is 0.116. The minimum atomic E-state index is -0.754. The molecule has 0 aromatic heterocycles. The van der Waals surface area contributed by atoms with E-state index in [0.717, 1.165) is 5.56 Å². The zero-order chi connectivity index (χ0) is 16.0. The van der Waals surface area contributed by atoms with E-state index >= 15 is 0 Å². The molecule has 0 unspecified atom stereocenters. The Hall–Kier alpha value is -1.96. The Balaban J connectivity index is 1.45. The SMILES string of the molecule is CC1(C)O[C@H]2O[C@@H]3/C(=N\OCc4ccccc4)C(=O)O[C@@H]3[C@H]2O1. The van der Waals surface area contributed by atoms with Crippen LogP contribution in [0, 0.1) is 0 Å². The zero-order valence-electron chi connectivity index (χ0n) is 12.8. The molecule has 7 heteroatoms. The van der Waals surface area contributed by atoms with E-state index in [2.05, 4.69) is 5.16 Å². The van der Waals surface area contributed by atoms with Crippen LogP contribution in [0.3, 0.4) is 0 Å². The fraction of sp³-hybridized carbons (Fsp3) is 0.500. The maximum atomic E-state index is 12.0. The Kier molecular flexibility index (Phi) is 3.37. The molecule has 3 saturated heterocycles. The molecule has 23 heavy (non-hydrogen) atoms. The minimum Gasteiger partial charge on any atom is -0.451 e. The summed E-state index contributed by atoms with van der Waals surface area (Å²) in [5, 5.41) is 3.91. The normalized spacial score (nSPS) is 35.9. The number of oxime groups is 1. The van der Waals surface area contributed by atoms with Gasteiger partial charge in [0.25, 0.3) is 0 Å². The third kappa shape index (κ3) is 2.60. The maximum Gasteiger partial charge on any atom is 0.359 e. The van der Waals surface area contributed by atoms with Gasteiger partial charge in [-0.15, -0.1) is 0 Å². The summed E-state index contributed by atoms with van der Waals surface area (Å²) < 4.78 is 22.4. The molecule has 1 aromatic rings. The molecule has 0 spiro atoms. The summed E-state index contributed by atoms with van der Waals surface area (Å²) >= 11 is 0. The molecule has 0 amide bonds. The molecular formula is C16H17NO6. The lowest BCUT2D eigenvalue weighted by atomic mass is 10.1. The van der Waals surface area contributed by atoms with Crippen LogP contribution in [0.2, 0.25) is 0 Å². The van der Waals surface area contributed by atoms with Crippen molar-refractivity contribution < 1.29 is 28.6 Å². The Morgan fingerprint density at radius 2 is 1.96 bits per heavy atom. The monoisotopic (exact) mass is 319 g/mol. The van der Waals surface area contributed by atoms with Crippen LogP contribution in [0.25, 0.3) is 0 Å². The molecule has 3 fully saturated rings. The molecule has 7 nitrogen and oxygen atoms in total. The summed E-state index contributed by atoms with van der Waals surface area (Å²) in [4.78, 5) is 17.2. The third-order valence-corrected chi connectivity index (χ3v) is 3.95. The van der Waals surface area contributed by atoms with E-state index in [-0.39, 0.29) is 12.3 Å². The van der Waals surface area contributed by atoms with Crippen molar-refractivity contribution in [2.45, 2.75) is 50.8 Å². The van der Waals surface area contributed by atoms with Crippen LogP contribution in [0.5, 0.6) is 0 Å². The summed E-state index contributed by atoms with van der Waals surface area (Å²) in [7, 11) is 0. The Morgan fingerprint density at radius 3 is 2.74 bits per heavy atom. The Bertz CT molecular complexity index is 643. The van der Waals surface area contributed by atoms with Crippen molar-refractivity contribution in [3.05, 3.63) is 35.9 Å². The first-order valence-corrected chi connectivity index (χ1v) is 7.49. The van der Waals surface area contributed by atoms with Crippen molar-refractivity contribution in [2.24, 2.45) is 5.16 Å². The highest BCUT2D eigenvalue weighted by atomic mass is 16.8. The van der Waals surface area contributed by atoms with E-state index in [1.165, 1.54) is 0 Å². The standard InChI is InChI=1S/C16H17NO6/c1-16(2)22-13-12-11(21-15(13)23-16)10(14(18)20-12)17-19-8-9-6-4-3-5-7-9/h3-7,11-13,15H,8H2,1-2H3/b17-10+/t11-,12+,13-,15-/m1/s1. The molecule has 0 radical (unpaired) electrons. The number of hydrogen-bond donors (Lipinski definition) is 0. The number of nitrogens with zero attached hydrogens (tertiary/aromatic N) is 1.